The number of aromatic amines is 1. The third-order valence-corrected chi connectivity index (χ3v) is 5.08. The first-order valence-electron chi connectivity index (χ1n) is 9.75. The average Bonchev–Trinajstić information content (AvgIpc) is 3.05. The van der Waals surface area contributed by atoms with Crippen LogP contribution in [0.15, 0.2) is 57.8 Å². The normalized spacial score (nSPS) is 16.2. The summed E-state index contributed by atoms with van der Waals surface area (Å²) >= 11 is 0. The quantitative estimate of drug-likeness (QED) is 0.626. The standard InChI is InChI=1S/C21H20F3N5O3/c1-12-6-7-14(25-10-12)11-29-16(26-18-17(29)19(30)27-20(31)28(18)2)9-13-4-3-5-15(8-13)32-21(22,23)24/h3-8,10,14,25H,9,11H2,1-2H3,(H,27,30,31). The number of rotatable bonds is 5. The van der Waals surface area contributed by atoms with Crippen LogP contribution in [0.4, 0.5) is 13.2 Å². The molecule has 0 saturated carbocycles. The summed E-state index contributed by atoms with van der Waals surface area (Å²) in [6.07, 6.45) is 1.06. The molecule has 32 heavy (non-hydrogen) atoms. The van der Waals surface area contributed by atoms with E-state index in [1.807, 2.05) is 25.3 Å². The number of ether oxygens (including phenoxy) is 1. The van der Waals surface area contributed by atoms with E-state index in [9.17, 15) is 22.8 Å². The number of imidazole rings is 1. The number of allylic oxidation sites excluding steroid dienone is 2. The van der Waals surface area contributed by atoms with Crippen LogP contribution >= 0.6 is 0 Å². The maximum Gasteiger partial charge on any atom is 0.573 e. The Labute approximate surface area is 179 Å². The van der Waals surface area contributed by atoms with Gasteiger partial charge >= 0.3 is 12.1 Å². The van der Waals surface area contributed by atoms with Gasteiger partial charge in [0.25, 0.3) is 5.56 Å². The zero-order valence-corrected chi connectivity index (χ0v) is 17.2. The molecule has 0 fully saturated rings. The summed E-state index contributed by atoms with van der Waals surface area (Å²) in [5, 5.41) is 3.22. The molecule has 0 amide bonds. The highest BCUT2D eigenvalue weighted by molar-refractivity contribution is 5.71. The summed E-state index contributed by atoms with van der Waals surface area (Å²) in [7, 11) is 1.49. The lowest BCUT2D eigenvalue weighted by Crippen LogP contribution is -2.33. The van der Waals surface area contributed by atoms with E-state index in [4.69, 9.17) is 0 Å². The van der Waals surface area contributed by atoms with Crippen molar-refractivity contribution in [2.45, 2.75) is 32.3 Å². The van der Waals surface area contributed by atoms with Crippen LogP contribution in [-0.4, -0.2) is 31.5 Å². The van der Waals surface area contributed by atoms with Crippen LogP contribution in [0, 0.1) is 0 Å². The smallest absolute Gasteiger partial charge is 0.406 e. The molecule has 2 N–H and O–H groups in total. The Balaban J connectivity index is 1.77. The predicted molar refractivity (Wildman–Crippen MR) is 111 cm³/mol. The van der Waals surface area contributed by atoms with Gasteiger partial charge in [-0.25, -0.2) is 9.78 Å². The lowest BCUT2D eigenvalue weighted by molar-refractivity contribution is -0.274. The number of aromatic nitrogens is 4. The van der Waals surface area contributed by atoms with E-state index in [2.05, 4.69) is 20.0 Å². The van der Waals surface area contributed by atoms with Gasteiger partial charge in [0, 0.05) is 20.0 Å². The van der Waals surface area contributed by atoms with Gasteiger partial charge in [-0.3, -0.25) is 14.3 Å². The minimum Gasteiger partial charge on any atom is -0.406 e. The molecule has 1 unspecified atom stereocenters. The van der Waals surface area contributed by atoms with Gasteiger partial charge in [-0.05, 0) is 36.4 Å². The summed E-state index contributed by atoms with van der Waals surface area (Å²) in [5.41, 5.74) is 0.775. The first kappa shape index (κ1) is 21.5. The van der Waals surface area contributed by atoms with Crippen molar-refractivity contribution in [3.05, 3.63) is 80.4 Å². The Bertz CT molecular complexity index is 1350. The first-order valence-corrected chi connectivity index (χ1v) is 9.75. The van der Waals surface area contributed by atoms with Crippen molar-refractivity contribution >= 4 is 11.2 Å². The summed E-state index contributed by atoms with van der Waals surface area (Å²) in [5.74, 6) is 0.0812. The molecule has 1 aliphatic rings. The third-order valence-electron chi connectivity index (χ3n) is 5.08. The van der Waals surface area contributed by atoms with E-state index in [-0.39, 0.29) is 29.4 Å². The second-order valence-corrected chi connectivity index (χ2v) is 7.52. The average molecular weight is 447 g/mol. The molecule has 0 bridgehead atoms. The molecule has 168 valence electrons. The number of dihydropyridines is 1. The number of hydrogen-bond acceptors (Lipinski definition) is 5. The highest BCUT2D eigenvalue weighted by Crippen LogP contribution is 2.25. The molecule has 0 radical (unpaired) electrons. The molecule has 3 heterocycles. The Hall–Kier alpha value is -3.76. The van der Waals surface area contributed by atoms with Gasteiger partial charge in [-0.15, -0.1) is 13.2 Å². The lowest BCUT2D eigenvalue weighted by atomic mass is 10.1. The fraction of sp³-hybridized carbons (Fsp3) is 0.286. The minimum atomic E-state index is -4.80. The Kier molecular flexibility index (Phi) is 5.41. The summed E-state index contributed by atoms with van der Waals surface area (Å²) in [6, 6.07) is 5.42. The van der Waals surface area contributed by atoms with E-state index < -0.39 is 17.6 Å². The Morgan fingerprint density at radius 1 is 1.25 bits per heavy atom. The molecule has 0 saturated heterocycles. The number of nitrogens with zero attached hydrogens (tertiary/aromatic N) is 3. The molecule has 11 heteroatoms. The first-order chi connectivity index (χ1) is 15.1. The van der Waals surface area contributed by atoms with Crippen LogP contribution in [0.25, 0.3) is 11.2 Å². The van der Waals surface area contributed by atoms with Crippen molar-refractivity contribution in [3.63, 3.8) is 0 Å². The van der Waals surface area contributed by atoms with Crippen LogP contribution in [0.1, 0.15) is 18.3 Å². The van der Waals surface area contributed by atoms with Crippen molar-refractivity contribution in [2.75, 3.05) is 0 Å². The third kappa shape index (κ3) is 4.46. The van der Waals surface area contributed by atoms with Gasteiger partial charge in [0.15, 0.2) is 11.2 Å². The van der Waals surface area contributed by atoms with Gasteiger partial charge in [0.05, 0.1) is 6.04 Å². The van der Waals surface area contributed by atoms with Crippen LogP contribution in [0.5, 0.6) is 5.75 Å². The van der Waals surface area contributed by atoms with Crippen molar-refractivity contribution in [1.82, 2.24) is 24.4 Å². The maximum atomic E-state index is 12.6. The Morgan fingerprint density at radius 3 is 2.72 bits per heavy atom. The molecule has 0 spiro atoms. The van der Waals surface area contributed by atoms with E-state index in [1.54, 1.807) is 10.6 Å². The van der Waals surface area contributed by atoms with Gasteiger partial charge in [-0.2, -0.15) is 0 Å². The number of hydrogen-bond donors (Lipinski definition) is 2. The van der Waals surface area contributed by atoms with E-state index in [0.717, 1.165) is 5.57 Å². The van der Waals surface area contributed by atoms with Crippen molar-refractivity contribution in [1.29, 1.82) is 0 Å². The summed E-state index contributed by atoms with van der Waals surface area (Å²) in [4.78, 5) is 31.4. The SMILES string of the molecule is CC1=CNC(Cn2c(Cc3cccc(OC(F)(F)F)c3)nc3c2c(=O)[nH]c(=O)n3C)C=C1. The van der Waals surface area contributed by atoms with Crippen LogP contribution in [-0.2, 0) is 20.0 Å². The zero-order valence-electron chi connectivity index (χ0n) is 17.2. The minimum absolute atomic E-state index is 0.128. The molecule has 3 aromatic rings. The van der Waals surface area contributed by atoms with Crippen LogP contribution in [0.2, 0.25) is 0 Å². The number of fused-ring (bicyclic) bond motifs is 1. The highest BCUT2D eigenvalue weighted by Gasteiger charge is 2.31. The number of alkyl halides is 3. The van der Waals surface area contributed by atoms with E-state index in [0.29, 0.717) is 17.9 Å². The molecule has 4 rings (SSSR count). The molecule has 1 aliphatic heterocycles. The molecule has 1 aromatic carbocycles. The topological polar surface area (TPSA) is 93.9 Å². The maximum absolute atomic E-state index is 12.6. The highest BCUT2D eigenvalue weighted by atomic mass is 19.4. The van der Waals surface area contributed by atoms with Gasteiger partial charge in [-0.1, -0.05) is 24.3 Å². The van der Waals surface area contributed by atoms with E-state index >= 15 is 0 Å². The molecule has 1 atom stereocenters. The largest absolute Gasteiger partial charge is 0.573 e. The zero-order chi connectivity index (χ0) is 23.0. The molecule has 8 nitrogen and oxygen atoms in total. The molecule has 2 aromatic heterocycles. The molecular formula is C21H20F3N5O3. The fourth-order valence-corrected chi connectivity index (χ4v) is 3.57. The van der Waals surface area contributed by atoms with Gasteiger partial charge < -0.3 is 14.6 Å². The number of aryl methyl sites for hydroxylation is 1. The second kappa shape index (κ2) is 8.06. The Morgan fingerprint density at radius 2 is 2.03 bits per heavy atom. The van der Waals surface area contributed by atoms with Crippen molar-refractivity contribution < 1.29 is 17.9 Å². The van der Waals surface area contributed by atoms with Crippen LogP contribution in [0.3, 0.4) is 0 Å². The lowest BCUT2D eigenvalue weighted by Gasteiger charge is -2.20. The van der Waals surface area contributed by atoms with Crippen molar-refractivity contribution in [2.24, 2.45) is 7.05 Å². The number of benzene rings is 1. The van der Waals surface area contributed by atoms with E-state index in [1.165, 1.54) is 29.8 Å². The molecular weight excluding hydrogens is 427 g/mol. The second-order valence-electron chi connectivity index (χ2n) is 7.52. The number of nitrogens with one attached hydrogen (secondary N) is 2. The monoisotopic (exact) mass is 447 g/mol. The number of H-pyrrole nitrogens is 1. The summed E-state index contributed by atoms with van der Waals surface area (Å²) in [6.45, 7) is 2.26. The fourth-order valence-electron chi connectivity index (χ4n) is 3.57. The summed E-state index contributed by atoms with van der Waals surface area (Å²) < 4.78 is 44.7. The molecule has 0 aliphatic carbocycles. The predicted octanol–water partition coefficient (Wildman–Crippen LogP) is 2.34. The van der Waals surface area contributed by atoms with Crippen molar-refractivity contribution in [3.8, 4) is 5.75 Å². The van der Waals surface area contributed by atoms with Gasteiger partial charge in [0.2, 0.25) is 0 Å². The van der Waals surface area contributed by atoms with Gasteiger partial charge in [0.1, 0.15) is 11.6 Å². The van der Waals surface area contributed by atoms with Crippen LogP contribution < -0.4 is 21.3 Å². The number of halogens is 3.